The number of phenolic OH excluding ortho intramolecular Hbond substituents is 3. The van der Waals surface area contributed by atoms with Crippen molar-refractivity contribution in [3.8, 4) is 17.2 Å². The van der Waals surface area contributed by atoms with Gasteiger partial charge in [0.1, 0.15) is 17.2 Å². The standard InChI is InChI=1S/3C7H8O/c1-6-3-2-4-7(8)5-6;2*1-6-4-2-3-5-7(6)8/h3*2-5,8H,1H3. The van der Waals surface area contributed by atoms with Gasteiger partial charge in [0, 0.05) is 0 Å². The molecule has 3 heteroatoms. The van der Waals surface area contributed by atoms with Crippen molar-refractivity contribution in [2.24, 2.45) is 0 Å². The van der Waals surface area contributed by atoms with Gasteiger partial charge in [0.2, 0.25) is 0 Å². The van der Waals surface area contributed by atoms with Gasteiger partial charge >= 0.3 is 0 Å². The van der Waals surface area contributed by atoms with Gasteiger partial charge < -0.3 is 15.3 Å². The summed E-state index contributed by atoms with van der Waals surface area (Å²) < 4.78 is 0. The lowest BCUT2D eigenvalue weighted by Gasteiger charge is -1.92. The molecule has 0 amide bonds. The van der Waals surface area contributed by atoms with Gasteiger partial charge in [0.15, 0.2) is 0 Å². The molecule has 3 aromatic rings. The highest BCUT2D eigenvalue weighted by molar-refractivity contribution is 5.30. The van der Waals surface area contributed by atoms with Crippen LogP contribution in [-0.2, 0) is 0 Å². The predicted octanol–water partition coefficient (Wildman–Crippen LogP) is 5.10. The van der Waals surface area contributed by atoms with Crippen LogP contribution >= 0.6 is 0 Å². The lowest BCUT2D eigenvalue weighted by Crippen LogP contribution is -1.68. The molecule has 0 aliphatic carbocycles. The van der Waals surface area contributed by atoms with Crippen molar-refractivity contribution in [3.05, 3.63) is 89.5 Å². The highest BCUT2D eigenvalue weighted by Crippen LogP contribution is 2.13. The van der Waals surface area contributed by atoms with Crippen molar-refractivity contribution in [2.45, 2.75) is 20.8 Å². The van der Waals surface area contributed by atoms with E-state index in [0.717, 1.165) is 16.7 Å². The zero-order chi connectivity index (χ0) is 17.9. The molecule has 0 fully saturated rings. The number of aryl methyl sites for hydroxylation is 3. The Balaban J connectivity index is 0.000000180. The minimum atomic E-state index is 0.338. The number of aromatic hydroxyl groups is 3. The number of hydrogen-bond acceptors (Lipinski definition) is 3. The first-order valence-electron chi connectivity index (χ1n) is 7.65. The van der Waals surface area contributed by atoms with Gasteiger partial charge in [0.25, 0.3) is 0 Å². The maximum atomic E-state index is 8.92. The molecule has 0 unspecified atom stereocenters. The van der Waals surface area contributed by atoms with Crippen LogP contribution in [0.3, 0.4) is 0 Å². The van der Waals surface area contributed by atoms with Crippen molar-refractivity contribution in [1.82, 2.24) is 0 Å². The van der Waals surface area contributed by atoms with Crippen LogP contribution in [0.5, 0.6) is 17.2 Å². The molecule has 3 rings (SSSR count). The SMILES string of the molecule is Cc1cccc(O)c1.Cc1ccccc1O.Cc1ccccc1O. The summed E-state index contributed by atoms with van der Waals surface area (Å²) in [5.41, 5.74) is 2.94. The van der Waals surface area contributed by atoms with Crippen molar-refractivity contribution < 1.29 is 15.3 Å². The fraction of sp³-hybridized carbons (Fsp3) is 0.143. The normalized spacial score (nSPS) is 9.12. The quantitative estimate of drug-likeness (QED) is 0.539. The molecule has 0 saturated carbocycles. The van der Waals surface area contributed by atoms with E-state index in [9.17, 15) is 0 Å². The highest BCUT2D eigenvalue weighted by atomic mass is 16.3. The van der Waals surface area contributed by atoms with Gasteiger partial charge in [-0.1, -0.05) is 48.5 Å². The summed E-state index contributed by atoms with van der Waals surface area (Å²) >= 11 is 0. The Morgan fingerprint density at radius 3 is 1.25 bits per heavy atom. The van der Waals surface area contributed by atoms with E-state index in [4.69, 9.17) is 15.3 Å². The Labute approximate surface area is 143 Å². The Morgan fingerprint density at radius 1 is 0.542 bits per heavy atom. The van der Waals surface area contributed by atoms with Gasteiger partial charge in [-0.3, -0.25) is 0 Å². The average Bonchev–Trinajstić information content (AvgIpc) is 2.54. The summed E-state index contributed by atoms with van der Waals surface area (Å²) in [6.45, 7) is 5.68. The molecule has 0 aliphatic rings. The summed E-state index contributed by atoms with van der Waals surface area (Å²) in [5, 5.41) is 26.7. The van der Waals surface area contributed by atoms with Crippen molar-refractivity contribution >= 4 is 0 Å². The molecule has 3 aromatic carbocycles. The molecule has 126 valence electrons. The first-order chi connectivity index (χ1) is 11.4. The van der Waals surface area contributed by atoms with Gasteiger partial charge in [-0.15, -0.1) is 0 Å². The Hall–Kier alpha value is -2.94. The first kappa shape index (κ1) is 19.1. The largest absolute Gasteiger partial charge is 0.508 e. The lowest BCUT2D eigenvalue weighted by molar-refractivity contribution is 0.470. The van der Waals surface area contributed by atoms with Crippen molar-refractivity contribution in [2.75, 3.05) is 0 Å². The molecule has 3 N–H and O–H groups in total. The van der Waals surface area contributed by atoms with Crippen molar-refractivity contribution in [1.29, 1.82) is 0 Å². The van der Waals surface area contributed by atoms with Crippen LogP contribution in [0, 0.1) is 20.8 Å². The lowest BCUT2D eigenvalue weighted by atomic mass is 10.2. The third kappa shape index (κ3) is 7.36. The number of para-hydroxylation sites is 2. The molecular formula is C21H24O3. The van der Waals surface area contributed by atoms with Gasteiger partial charge in [-0.2, -0.15) is 0 Å². The Morgan fingerprint density at radius 2 is 1.00 bits per heavy atom. The summed E-state index contributed by atoms with van der Waals surface area (Å²) in [6.07, 6.45) is 0. The molecule has 0 spiro atoms. The van der Waals surface area contributed by atoms with E-state index >= 15 is 0 Å². The van der Waals surface area contributed by atoms with E-state index in [0.29, 0.717) is 17.2 Å². The maximum absolute atomic E-state index is 8.92. The third-order valence-corrected chi connectivity index (χ3v) is 3.23. The third-order valence-electron chi connectivity index (χ3n) is 3.23. The summed E-state index contributed by atoms with van der Waals surface area (Å²) in [4.78, 5) is 0. The van der Waals surface area contributed by atoms with Gasteiger partial charge in [0.05, 0.1) is 0 Å². The second-order valence-corrected chi connectivity index (χ2v) is 5.41. The molecular weight excluding hydrogens is 300 g/mol. The zero-order valence-electron chi connectivity index (χ0n) is 14.3. The van der Waals surface area contributed by atoms with E-state index < -0.39 is 0 Å². The van der Waals surface area contributed by atoms with E-state index in [2.05, 4.69) is 0 Å². The van der Waals surface area contributed by atoms with E-state index in [1.807, 2.05) is 69.3 Å². The van der Waals surface area contributed by atoms with Crippen LogP contribution in [-0.4, -0.2) is 15.3 Å². The van der Waals surface area contributed by atoms with Gasteiger partial charge in [-0.05, 0) is 61.7 Å². The predicted molar refractivity (Wildman–Crippen MR) is 98.5 cm³/mol. The molecule has 3 nitrogen and oxygen atoms in total. The highest BCUT2D eigenvalue weighted by Gasteiger charge is 1.87. The minimum absolute atomic E-state index is 0.338. The number of rotatable bonds is 0. The van der Waals surface area contributed by atoms with Crippen LogP contribution in [0.15, 0.2) is 72.8 Å². The molecule has 0 atom stereocenters. The Bertz CT molecular complexity index is 649. The van der Waals surface area contributed by atoms with E-state index in [1.165, 1.54) is 0 Å². The number of benzene rings is 3. The summed E-state index contributed by atoms with van der Waals surface area (Å²) in [5.74, 6) is 1.07. The van der Waals surface area contributed by atoms with Crippen LogP contribution in [0.25, 0.3) is 0 Å². The van der Waals surface area contributed by atoms with Crippen LogP contribution in [0.2, 0.25) is 0 Å². The molecule has 24 heavy (non-hydrogen) atoms. The molecule has 0 aliphatic heterocycles. The van der Waals surface area contributed by atoms with Crippen LogP contribution in [0.1, 0.15) is 16.7 Å². The van der Waals surface area contributed by atoms with Crippen molar-refractivity contribution in [3.63, 3.8) is 0 Å². The van der Waals surface area contributed by atoms with Gasteiger partial charge in [-0.25, -0.2) is 0 Å². The molecule has 0 heterocycles. The maximum Gasteiger partial charge on any atom is 0.118 e. The van der Waals surface area contributed by atoms with E-state index in [-0.39, 0.29) is 0 Å². The number of phenols is 3. The van der Waals surface area contributed by atoms with Crippen LogP contribution < -0.4 is 0 Å². The van der Waals surface area contributed by atoms with E-state index in [1.54, 1.807) is 24.3 Å². The van der Waals surface area contributed by atoms with Crippen LogP contribution in [0.4, 0.5) is 0 Å². The first-order valence-corrected chi connectivity index (χ1v) is 7.65. The Kier molecular flexibility index (Phi) is 7.92. The fourth-order valence-corrected chi connectivity index (χ4v) is 1.75. The summed E-state index contributed by atoms with van der Waals surface area (Å²) in [7, 11) is 0. The molecule has 0 saturated heterocycles. The average molecular weight is 324 g/mol. The topological polar surface area (TPSA) is 60.7 Å². The molecule has 0 bridgehead atoms. The number of hydrogen-bond donors (Lipinski definition) is 3. The monoisotopic (exact) mass is 324 g/mol. The molecule has 0 radical (unpaired) electrons. The molecule has 0 aromatic heterocycles. The second-order valence-electron chi connectivity index (χ2n) is 5.41. The zero-order valence-corrected chi connectivity index (χ0v) is 14.3. The summed E-state index contributed by atoms with van der Waals surface area (Å²) in [6, 6.07) is 21.7. The smallest absolute Gasteiger partial charge is 0.118 e. The second kappa shape index (κ2) is 9.95. The minimum Gasteiger partial charge on any atom is -0.508 e. The fourth-order valence-electron chi connectivity index (χ4n) is 1.75.